The number of hydrogen-bond acceptors (Lipinski definition) is 2. The molecule has 0 spiro atoms. The first-order chi connectivity index (χ1) is 8.22. The molecule has 1 fully saturated rings. The Kier molecular flexibility index (Phi) is 3.67. The molecule has 1 saturated carbocycles. The molecule has 0 aliphatic heterocycles. The van der Waals surface area contributed by atoms with Gasteiger partial charge in [0.1, 0.15) is 5.75 Å². The zero-order chi connectivity index (χ0) is 12.3. The van der Waals surface area contributed by atoms with Gasteiger partial charge < -0.3 is 9.64 Å². The highest BCUT2D eigenvalue weighted by atomic mass is 16.5. The quantitative estimate of drug-likeness (QED) is 0.706. The summed E-state index contributed by atoms with van der Waals surface area (Å²) in [4.78, 5) is 12.9. The van der Waals surface area contributed by atoms with E-state index in [1.165, 1.54) is 6.42 Å². The number of nitrogens with zero attached hydrogens (tertiary/aromatic N) is 1. The molecular weight excluding hydrogens is 214 g/mol. The minimum atomic E-state index is 0.691. The van der Waals surface area contributed by atoms with Crippen LogP contribution in [0.3, 0.4) is 0 Å². The minimum absolute atomic E-state index is 0.691. The topological polar surface area (TPSA) is 29.5 Å². The average Bonchev–Trinajstić information content (AvgIpc) is 3.05. The highest BCUT2D eigenvalue weighted by Gasteiger charge is 2.33. The van der Waals surface area contributed by atoms with Crippen LogP contribution >= 0.6 is 0 Å². The van der Waals surface area contributed by atoms with Gasteiger partial charge in [-0.1, -0.05) is 19.1 Å². The molecule has 1 aliphatic carbocycles. The summed E-state index contributed by atoms with van der Waals surface area (Å²) in [6, 6.07) is 7.87. The first kappa shape index (κ1) is 12.0. The fourth-order valence-corrected chi connectivity index (χ4v) is 2.06. The standard InChI is InChI=1S/C14H19NO2/c1-11-7-13(11)9-15(10-16)8-12-3-5-14(17-2)6-4-12/h3-6,10-11,13H,7-9H2,1-2H3. The van der Waals surface area contributed by atoms with E-state index in [0.29, 0.717) is 12.5 Å². The number of carbonyl (C=O) groups excluding carboxylic acids is 1. The molecule has 0 heterocycles. The van der Waals surface area contributed by atoms with Crippen molar-refractivity contribution in [1.82, 2.24) is 4.90 Å². The van der Waals surface area contributed by atoms with Crippen molar-refractivity contribution in [2.75, 3.05) is 13.7 Å². The van der Waals surface area contributed by atoms with E-state index in [9.17, 15) is 4.79 Å². The molecule has 3 nitrogen and oxygen atoms in total. The van der Waals surface area contributed by atoms with E-state index < -0.39 is 0 Å². The fraction of sp³-hybridized carbons (Fsp3) is 0.500. The van der Waals surface area contributed by atoms with Gasteiger partial charge in [0, 0.05) is 13.1 Å². The van der Waals surface area contributed by atoms with Crippen molar-refractivity contribution < 1.29 is 9.53 Å². The summed E-state index contributed by atoms with van der Waals surface area (Å²) in [6.07, 6.45) is 2.21. The van der Waals surface area contributed by atoms with E-state index in [1.807, 2.05) is 29.2 Å². The second-order valence-corrected chi connectivity index (χ2v) is 4.86. The summed E-state index contributed by atoms with van der Waals surface area (Å²) >= 11 is 0. The van der Waals surface area contributed by atoms with Crippen LogP contribution in [-0.2, 0) is 11.3 Å². The molecule has 0 aromatic heterocycles. The molecule has 1 aromatic rings. The molecule has 1 amide bonds. The van der Waals surface area contributed by atoms with Crippen LogP contribution in [0.15, 0.2) is 24.3 Å². The molecule has 92 valence electrons. The van der Waals surface area contributed by atoms with Gasteiger partial charge in [0.2, 0.25) is 6.41 Å². The van der Waals surface area contributed by atoms with E-state index in [0.717, 1.165) is 30.2 Å². The monoisotopic (exact) mass is 233 g/mol. The molecule has 1 aliphatic rings. The van der Waals surface area contributed by atoms with Gasteiger partial charge >= 0.3 is 0 Å². The average molecular weight is 233 g/mol. The van der Waals surface area contributed by atoms with Crippen LogP contribution in [0.5, 0.6) is 5.75 Å². The normalized spacial score (nSPS) is 22.0. The molecule has 3 heteroatoms. The van der Waals surface area contributed by atoms with Gasteiger partial charge in [-0.2, -0.15) is 0 Å². The number of ether oxygens (including phenoxy) is 1. The molecule has 0 N–H and O–H groups in total. The second-order valence-electron chi connectivity index (χ2n) is 4.86. The predicted molar refractivity (Wildman–Crippen MR) is 66.7 cm³/mol. The van der Waals surface area contributed by atoms with Gasteiger partial charge in [-0.25, -0.2) is 0 Å². The van der Waals surface area contributed by atoms with E-state index in [1.54, 1.807) is 7.11 Å². The third kappa shape index (κ3) is 3.22. The van der Waals surface area contributed by atoms with Gasteiger partial charge in [-0.05, 0) is 36.0 Å². The van der Waals surface area contributed by atoms with Crippen molar-refractivity contribution in [2.24, 2.45) is 11.8 Å². The Bertz CT molecular complexity index is 374. The van der Waals surface area contributed by atoms with Gasteiger partial charge in [0.15, 0.2) is 0 Å². The first-order valence-electron chi connectivity index (χ1n) is 6.05. The Morgan fingerprint density at radius 2 is 2.06 bits per heavy atom. The number of carbonyl (C=O) groups is 1. The smallest absolute Gasteiger partial charge is 0.210 e. The van der Waals surface area contributed by atoms with Crippen molar-refractivity contribution in [3.63, 3.8) is 0 Å². The van der Waals surface area contributed by atoms with E-state index in [2.05, 4.69) is 6.92 Å². The summed E-state index contributed by atoms with van der Waals surface area (Å²) in [5, 5.41) is 0. The summed E-state index contributed by atoms with van der Waals surface area (Å²) < 4.78 is 5.11. The van der Waals surface area contributed by atoms with Crippen molar-refractivity contribution in [3.05, 3.63) is 29.8 Å². The van der Waals surface area contributed by atoms with Crippen LogP contribution in [-0.4, -0.2) is 25.0 Å². The first-order valence-corrected chi connectivity index (χ1v) is 6.05. The van der Waals surface area contributed by atoms with Gasteiger partial charge in [0.25, 0.3) is 0 Å². The van der Waals surface area contributed by atoms with E-state index >= 15 is 0 Å². The SMILES string of the molecule is COc1ccc(CN(C=O)CC2CC2C)cc1. The Balaban J connectivity index is 1.90. The van der Waals surface area contributed by atoms with Gasteiger partial charge in [-0.15, -0.1) is 0 Å². The maximum absolute atomic E-state index is 11.0. The number of hydrogen-bond donors (Lipinski definition) is 0. The summed E-state index contributed by atoms with van der Waals surface area (Å²) in [5.74, 6) is 2.34. The fourth-order valence-electron chi connectivity index (χ4n) is 2.06. The zero-order valence-corrected chi connectivity index (χ0v) is 10.4. The summed E-state index contributed by atoms with van der Waals surface area (Å²) in [5.41, 5.74) is 1.14. The lowest BCUT2D eigenvalue weighted by Crippen LogP contribution is -2.24. The lowest BCUT2D eigenvalue weighted by molar-refractivity contribution is -0.118. The lowest BCUT2D eigenvalue weighted by atomic mass is 10.2. The highest BCUT2D eigenvalue weighted by Crippen LogP contribution is 2.38. The van der Waals surface area contributed by atoms with Gasteiger partial charge in [-0.3, -0.25) is 4.79 Å². The minimum Gasteiger partial charge on any atom is -0.497 e. The summed E-state index contributed by atoms with van der Waals surface area (Å²) in [7, 11) is 1.65. The number of amides is 1. The predicted octanol–water partition coefficient (Wildman–Crippen LogP) is 2.31. The maximum atomic E-state index is 11.0. The summed E-state index contributed by atoms with van der Waals surface area (Å²) in [6.45, 7) is 3.81. The third-order valence-electron chi connectivity index (χ3n) is 3.44. The van der Waals surface area contributed by atoms with Crippen molar-refractivity contribution in [2.45, 2.75) is 19.9 Å². The van der Waals surface area contributed by atoms with Crippen LogP contribution in [0.4, 0.5) is 0 Å². The molecule has 2 atom stereocenters. The van der Waals surface area contributed by atoms with Crippen LogP contribution in [0, 0.1) is 11.8 Å². The van der Waals surface area contributed by atoms with E-state index in [-0.39, 0.29) is 0 Å². The molecule has 0 saturated heterocycles. The van der Waals surface area contributed by atoms with Crippen molar-refractivity contribution in [3.8, 4) is 5.75 Å². The molecule has 0 bridgehead atoms. The van der Waals surface area contributed by atoms with E-state index in [4.69, 9.17) is 4.74 Å². The molecular formula is C14H19NO2. The maximum Gasteiger partial charge on any atom is 0.210 e. The molecule has 2 rings (SSSR count). The molecule has 0 radical (unpaired) electrons. The number of benzene rings is 1. The largest absolute Gasteiger partial charge is 0.497 e. The Labute approximate surface area is 102 Å². The Morgan fingerprint density at radius 1 is 1.41 bits per heavy atom. The zero-order valence-electron chi connectivity index (χ0n) is 10.4. The lowest BCUT2D eigenvalue weighted by Gasteiger charge is -2.17. The Hall–Kier alpha value is -1.51. The van der Waals surface area contributed by atoms with Crippen LogP contribution < -0.4 is 4.74 Å². The van der Waals surface area contributed by atoms with Crippen LogP contribution in [0.1, 0.15) is 18.9 Å². The molecule has 1 aromatic carbocycles. The van der Waals surface area contributed by atoms with Crippen LogP contribution in [0.25, 0.3) is 0 Å². The van der Waals surface area contributed by atoms with Crippen LogP contribution in [0.2, 0.25) is 0 Å². The number of methoxy groups -OCH3 is 1. The number of rotatable bonds is 6. The highest BCUT2D eigenvalue weighted by molar-refractivity contribution is 5.47. The third-order valence-corrected chi connectivity index (χ3v) is 3.44. The molecule has 2 unspecified atom stereocenters. The second kappa shape index (κ2) is 5.21. The van der Waals surface area contributed by atoms with Crippen molar-refractivity contribution >= 4 is 6.41 Å². The van der Waals surface area contributed by atoms with Gasteiger partial charge in [0.05, 0.1) is 7.11 Å². The molecule has 17 heavy (non-hydrogen) atoms. The van der Waals surface area contributed by atoms with Crippen molar-refractivity contribution in [1.29, 1.82) is 0 Å². The Morgan fingerprint density at radius 3 is 2.53 bits per heavy atom.